The molecule has 1 aliphatic rings. The van der Waals surface area contributed by atoms with E-state index in [0.717, 1.165) is 23.5 Å². The Morgan fingerprint density at radius 2 is 2.05 bits per heavy atom. The van der Waals surface area contributed by atoms with Crippen molar-refractivity contribution in [1.29, 1.82) is 0 Å². The van der Waals surface area contributed by atoms with Crippen LogP contribution in [-0.2, 0) is 13.0 Å². The Labute approximate surface area is 113 Å². The molecule has 1 N–H and O–H groups in total. The lowest BCUT2D eigenvalue weighted by Gasteiger charge is -2.24. The van der Waals surface area contributed by atoms with Gasteiger partial charge in [-0.05, 0) is 43.5 Å². The van der Waals surface area contributed by atoms with Gasteiger partial charge in [-0.15, -0.1) is 0 Å². The maximum Gasteiger partial charge on any atom is 0.133 e. The van der Waals surface area contributed by atoms with Crippen LogP contribution in [-0.4, -0.2) is 16.1 Å². The number of rotatable bonds is 2. The number of nitrogens with zero attached hydrogens (tertiary/aromatic N) is 2. The fourth-order valence-corrected chi connectivity index (χ4v) is 2.79. The second-order valence-corrected chi connectivity index (χ2v) is 5.12. The molecule has 1 unspecified atom stereocenters. The van der Waals surface area contributed by atoms with Gasteiger partial charge in [0.25, 0.3) is 0 Å². The van der Waals surface area contributed by atoms with Crippen LogP contribution >= 0.6 is 0 Å². The molecule has 3 rings (SSSR count). The zero-order valence-corrected chi connectivity index (χ0v) is 11.3. The zero-order chi connectivity index (χ0) is 13.4. The van der Waals surface area contributed by atoms with Gasteiger partial charge in [0.05, 0.1) is 6.61 Å². The molecule has 0 fully saturated rings. The van der Waals surface area contributed by atoms with Crippen molar-refractivity contribution in [3.8, 4) is 0 Å². The van der Waals surface area contributed by atoms with Crippen molar-refractivity contribution in [2.75, 3.05) is 4.90 Å². The minimum absolute atomic E-state index is 0.0469. The Kier molecular flexibility index (Phi) is 2.99. The van der Waals surface area contributed by atoms with Crippen molar-refractivity contribution in [1.82, 2.24) is 4.98 Å². The first-order valence-corrected chi connectivity index (χ1v) is 6.65. The largest absolute Gasteiger partial charge is 0.392 e. The fourth-order valence-electron chi connectivity index (χ4n) is 2.79. The number of benzene rings is 1. The second-order valence-electron chi connectivity index (χ2n) is 5.12. The fraction of sp³-hybridized carbons (Fsp3) is 0.312. The lowest BCUT2D eigenvalue weighted by Crippen LogP contribution is -2.25. The highest BCUT2D eigenvalue weighted by atomic mass is 16.3. The van der Waals surface area contributed by atoms with Gasteiger partial charge in [-0.2, -0.15) is 0 Å². The Balaban J connectivity index is 2.05. The topological polar surface area (TPSA) is 36.4 Å². The van der Waals surface area contributed by atoms with Gasteiger partial charge in [0.15, 0.2) is 0 Å². The molecule has 1 aliphatic heterocycles. The predicted molar refractivity (Wildman–Crippen MR) is 76.6 cm³/mol. The molecule has 3 heteroatoms. The molecular weight excluding hydrogens is 236 g/mol. The van der Waals surface area contributed by atoms with Crippen LogP contribution in [0.25, 0.3) is 0 Å². The van der Waals surface area contributed by atoms with E-state index in [0.29, 0.717) is 6.04 Å². The molecule has 19 heavy (non-hydrogen) atoms. The van der Waals surface area contributed by atoms with Crippen molar-refractivity contribution < 1.29 is 5.11 Å². The summed E-state index contributed by atoms with van der Waals surface area (Å²) in [6.45, 7) is 4.21. The van der Waals surface area contributed by atoms with Crippen molar-refractivity contribution >= 4 is 11.5 Å². The summed E-state index contributed by atoms with van der Waals surface area (Å²) in [6.07, 6.45) is 1.05. The number of para-hydroxylation sites is 1. The number of aryl methyl sites for hydroxylation is 1. The first-order valence-electron chi connectivity index (χ1n) is 6.65. The van der Waals surface area contributed by atoms with Crippen LogP contribution in [0.3, 0.4) is 0 Å². The van der Waals surface area contributed by atoms with Crippen LogP contribution in [0.15, 0.2) is 36.4 Å². The van der Waals surface area contributed by atoms with Gasteiger partial charge < -0.3 is 10.0 Å². The van der Waals surface area contributed by atoms with Gasteiger partial charge in [-0.3, -0.25) is 0 Å². The Morgan fingerprint density at radius 3 is 2.79 bits per heavy atom. The van der Waals surface area contributed by atoms with Crippen molar-refractivity contribution in [2.24, 2.45) is 0 Å². The normalized spacial score (nSPS) is 17.6. The molecule has 1 atom stereocenters. The molecule has 2 aromatic rings. The first kappa shape index (κ1) is 12.2. The molecule has 0 amide bonds. The highest BCUT2D eigenvalue weighted by Gasteiger charge is 2.27. The molecule has 0 spiro atoms. The average Bonchev–Trinajstić information content (AvgIpc) is 2.74. The Morgan fingerprint density at radius 1 is 1.26 bits per heavy atom. The molecule has 0 radical (unpaired) electrons. The monoisotopic (exact) mass is 254 g/mol. The Bertz CT molecular complexity index is 609. The van der Waals surface area contributed by atoms with Crippen LogP contribution < -0.4 is 4.90 Å². The number of hydrogen-bond donors (Lipinski definition) is 1. The molecule has 0 saturated heterocycles. The van der Waals surface area contributed by atoms with Gasteiger partial charge in [-0.1, -0.05) is 24.3 Å². The molecule has 0 bridgehead atoms. The van der Waals surface area contributed by atoms with Gasteiger partial charge in [0.2, 0.25) is 0 Å². The van der Waals surface area contributed by atoms with Gasteiger partial charge >= 0.3 is 0 Å². The minimum Gasteiger partial charge on any atom is -0.392 e. The van der Waals surface area contributed by atoms with E-state index in [1.54, 1.807) is 0 Å². The lowest BCUT2D eigenvalue weighted by atomic mass is 10.1. The molecule has 3 nitrogen and oxygen atoms in total. The maximum absolute atomic E-state index is 9.23. The van der Waals surface area contributed by atoms with E-state index in [1.807, 2.05) is 19.1 Å². The van der Waals surface area contributed by atoms with E-state index < -0.39 is 0 Å². The number of aromatic nitrogens is 1. The van der Waals surface area contributed by atoms with Crippen LogP contribution in [0.2, 0.25) is 0 Å². The van der Waals surface area contributed by atoms with Gasteiger partial charge in [0.1, 0.15) is 5.82 Å². The van der Waals surface area contributed by atoms with Crippen molar-refractivity contribution in [3.63, 3.8) is 0 Å². The van der Waals surface area contributed by atoms with Crippen LogP contribution in [0.5, 0.6) is 0 Å². The van der Waals surface area contributed by atoms with E-state index in [-0.39, 0.29) is 6.61 Å². The number of anilines is 2. The quantitative estimate of drug-likeness (QED) is 0.895. The van der Waals surface area contributed by atoms with Crippen LogP contribution in [0, 0.1) is 6.92 Å². The van der Waals surface area contributed by atoms with Crippen LogP contribution in [0.4, 0.5) is 11.5 Å². The van der Waals surface area contributed by atoms with Crippen molar-refractivity contribution in [2.45, 2.75) is 32.9 Å². The maximum atomic E-state index is 9.23. The molecule has 0 aliphatic carbocycles. The third-order valence-electron chi connectivity index (χ3n) is 3.80. The molecule has 1 aromatic carbocycles. The number of fused-ring (bicyclic) bond motifs is 1. The smallest absolute Gasteiger partial charge is 0.133 e. The molecule has 0 saturated carbocycles. The molecule has 2 heterocycles. The van der Waals surface area contributed by atoms with Crippen molar-refractivity contribution in [3.05, 3.63) is 53.2 Å². The highest BCUT2D eigenvalue weighted by molar-refractivity contribution is 5.69. The lowest BCUT2D eigenvalue weighted by molar-refractivity contribution is 0.280. The second kappa shape index (κ2) is 4.67. The molecule has 98 valence electrons. The predicted octanol–water partition coefficient (Wildman–Crippen LogP) is 2.97. The summed E-state index contributed by atoms with van der Waals surface area (Å²) in [4.78, 5) is 6.92. The van der Waals surface area contributed by atoms with E-state index >= 15 is 0 Å². The third-order valence-corrected chi connectivity index (χ3v) is 3.80. The van der Waals surface area contributed by atoms with E-state index in [9.17, 15) is 5.11 Å². The zero-order valence-electron chi connectivity index (χ0n) is 11.3. The standard InChI is InChI=1S/C16H18N2O/c1-11-9-13-5-3-4-6-15(13)18(11)16-8-7-14(10-19)12(2)17-16/h3-8,11,19H,9-10H2,1-2H3. The molecular formula is C16H18N2O. The van der Waals surface area contributed by atoms with E-state index in [1.165, 1.54) is 11.3 Å². The first-order chi connectivity index (χ1) is 9.20. The number of hydrogen-bond acceptors (Lipinski definition) is 3. The molecule has 1 aromatic heterocycles. The summed E-state index contributed by atoms with van der Waals surface area (Å²) in [5, 5.41) is 9.23. The Hall–Kier alpha value is -1.87. The summed E-state index contributed by atoms with van der Waals surface area (Å²) in [5.41, 5.74) is 4.42. The van der Waals surface area contributed by atoms with Crippen LogP contribution in [0.1, 0.15) is 23.7 Å². The van der Waals surface area contributed by atoms with E-state index in [4.69, 9.17) is 0 Å². The minimum atomic E-state index is 0.0469. The average molecular weight is 254 g/mol. The van der Waals surface area contributed by atoms with E-state index in [2.05, 4.69) is 41.1 Å². The van der Waals surface area contributed by atoms with Gasteiger partial charge in [-0.25, -0.2) is 4.98 Å². The summed E-state index contributed by atoms with van der Waals surface area (Å²) < 4.78 is 0. The highest BCUT2D eigenvalue weighted by Crippen LogP contribution is 2.37. The number of aliphatic hydroxyl groups excluding tert-OH is 1. The summed E-state index contributed by atoms with van der Waals surface area (Å²) >= 11 is 0. The third kappa shape index (κ3) is 2.00. The summed E-state index contributed by atoms with van der Waals surface area (Å²) in [7, 11) is 0. The van der Waals surface area contributed by atoms with Gasteiger partial charge in [0, 0.05) is 17.4 Å². The SMILES string of the molecule is Cc1nc(N2c3ccccc3CC2C)ccc1CO. The summed E-state index contributed by atoms with van der Waals surface area (Å²) in [5.74, 6) is 0.965. The number of aliphatic hydroxyl groups is 1. The summed E-state index contributed by atoms with van der Waals surface area (Å²) in [6, 6.07) is 12.9. The number of pyridine rings is 1.